The maximum Gasteiger partial charge on any atom is 0.309 e. The summed E-state index contributed by atoms with van der Waals surface area (Å²) in [6.07, 6.45) is 0. The van der Waals surface area contributed by atoms with Crippen LogP contribution < -0.4 is 0 Å². The van der Waals surface area contributed by atoms with Gasteiger partial charge in [-0.2, -0.15) is 0 Å². The fourth-order valence-electron chi connectivity index (χ4n) is 1.21. The van der Waals surface area contributed by atoms with Crippen LogP contribution in [0.3, 0.4) is 0 Å². The average molecular weight is 187 g/mol. The van der Waals surface area contributed by atoms with Crippen LogP contribution in [0.4, 0.5) is 0 Å². The van der Waals surface area contributed by atoms with Gasteiger partial charge >= 0.3 is 5.97 Å². The molecule has 0 fully saturated rings. The van der Waals surface area contributed by atoms with Gasteiger partial charge in [-0.25, -0.2) is 0 Å². The van der Waals surface area contributed by atoms with E-state index in [0.29, 0.717) is 6.04 Å². The Morgan fingerprint density at radius 1 is 1.23 bits per heavy atom. The molecule has 0 spiro atoms. The van der Waals surface area contributed by atoms with Crippen molar-refractivity contribution in [2.45, 2.75) is 39.8 Å². The number of hydrogen-bond donors (Lipinski definition) is 0. The van der Waals surface area contributed by atoms with Crippen LogP contribution in [0, 0.1) is 5.92 Å². The molecule has 13 heavy (non-hydrogen) atoms. The van der Waals surface area contributed by atoms with E-state index in [1.165, 1.54) is 7.11 Å². The molecule has 0 aliphatic rings. The number of carbonyl (C=O) groups excluding carboxylic acids is 1. The van der Waals surface area contributed by atoms with E-state index in [0.717, 1.165) is 0 Å². The van der Waals surface area contributed by atoms with Gasteiger partial charge in [0.1, 0.15) is 0 Å². The van der Waals surface area contributed by atoms with E-state index in [9.17, 15) is 4.79 Å². The van der Waals surface area contributed by atoms with Gasteiger partial charge in [-0.1, -0.05) is 6.92 Å². The average Bonchev–Trinajstić information content (AvgIpc) is 2.12. The van der Waals surface area contributed by atoms with Crippen LogP contribution in [0.2, 0.25) is 0 Å². The molecule has 2 atom stereocenters. The van der Waals surface area contributed by atoms with Gasteiger partial charge in [-0.15, -0.1) is 0 Å². The molecule has 0 amide bonds. The molecule has 3 nitrogen and oxygen atoms in total. The zero-order valence-corrected chi connectivity index (χ0v) is 9.50. The first-order valence-electron chi connectivity index (χ1n) is 4.71. The van der Waals surface area contributed by atoms with Crippen molar-refractivity contribution in [1.29, 1.82) is 0 Å². The number of methoxy groups -OCH3 is 1. The fraction of sp³-hybridized carbons (Fsp3) is 0.900. The Morgan fingerprint density at radius 3 is 2.00 bits per heavy atom. The second-order valence-corrected chi connectivity index (χ2v) is 3.81. The van der Waals surface area contributed by atoms with Crippen molar-refractivity contribution in [1.82, 2.24) is 4.90 Å². The second-order valence-electron chi connectivity index (χ2n) is 3.81. The first-order valence-corrected chi connectivity index (χ1v) is 4.71. The van der Waals surface area contributed by atoms with E-state index in [1.807, 2.05) is 20.9 Å². The molecule has 0 heterocycles. The second kappa shape index (κ2) is 5.22. The Hall–Kier alpha value is -0.570. The lowest BCUT2D eigenvalue weighted by Gasteiger charge is -2.31. The van der Waals surface area contributed by atoms with Crippen LogP contribution in [0.25, 0.3) is 0 Å². The highest BCUT2D eigenvalue weighted by Crippen LogP contribution is 2.12. The highest BCUT2D eigenvalue weighted by Gasteiger charge is 2.25. The van der Waals surface area contributed by atoms with Crippen molar-refractivity contribution in [3.05, 3.63) is 0 Å². The maximum absolute atomic E-state index is 11.2. The van der Waals surface area contributed by atoms with Crippen LogP contribution in [0.15, 0.2) is 0 Å². The van der Waals surface area contributed by atoms with Gasteiger partial charge in [-0.05, 0) is 27.8 Å². The van der Waals surface area contributed by atoms with Crippen molar-refractivity contribution < 1.29 is 9.53 Å². The van der Waals surface area contributed by atoms with Crippen molar-refractivity contribution >= 4 is 5.97 Å². The molecule has 0 aromatic rings. The molecular formula is C10H21NO2. The molecule has 0 radical (unpaired) electrons. The standard InChI is InChI=1S/C10H21NO2/c1-7(2)11(5)9(4)8(3)10(12)13-6/h7-9H,1-6H3. The molecule has 78 valence electrons. The number of esters is 1. The summed E-state index contributed by atoms with van der Waals surface area (Å²) < 4.78 is 4.70. The summed E-state index contributed by atoms with van der Waals surface area (Å²) in [6, 6.07) is 0.662. The number of carbonyl (C=O) groups is 1. The quantitative estimate of drug-likeness (QED) is 0.625. The molecule has 0 aromatic heterocycles. The fourth-order valence-corrected chi connectivity index (χ4v) is 1.21. The third kappa shape index (κ3) is 3.35. The van der Waals surface area contributed by atoms with E-state index < -0.39 is 0 Å². The Balaban J connectivity index is 4.24. The summed E-state index contributed by atoms with van der Waals surface area (Å²) in [6.45, 7) is 8.16. The van der Waals surface area contributed by atoms with Gasteiger partial charge in [0, 0.05) is 12.1 Å². The molecular weight excluding hydrogens is 166 g/mol. The summed E-state index contributed by atoms with van der Waals surface area (Å²) in [7, 11) is 3.45. The Labute approximate surface area is 81.1 Å². The van der Waals surface area contributed by atoms with Crippen molar-refractivity contribution in [3.8, 4) is 0 Å². The van der Waals surface area contributed by atoms with E-state index in [-0.39, 0.29) is 17.9 Å². The minimum absolute atomic E-state index is 0.0719. The van der Waals surface area contributed by atoms with Gasteiger partial charge < -0.3 is 9.64 Å². The number of ether oxygens (including phenoxy) is 1. The molecule has 0 saturated heterocycles. The molecule has 0 aromatic carbocycles. The lowest BCUT2D eigenvalue weighted by atomic mass is 10.0. The number of rotatable bonds is 4. The minimum atomic E-state index is -0.139. The molecule has 0 aliphatic heterocycles. The van der Waals surface area contributed by atoms with Crippen molar-refractivity contribution in [2.24, 2.45) is 5.92 Å². The predicted octanol–water partition coefficient (Wildman–Crippen LogP) is 1.52. The molecule has 0 bridgehead atoms. The summed E-state index contributed by atoms with van der Waals surface area (Å²) >= 11 is 0. The van der Waals surface area contributed by atoms with Gasteiger partial charge in [0.2, 0.25) is 0 Å². The van der Waals surface area contributed by atoms with Gasteiger partial charge in [-0.3, -0.25) is 4.79 Å². The van der Waals surface area contributed by atoms with Crippen molar-refractivity contribution in [3.63, 3.8) is 0 Å². The summed E-state index contributed by atoms with van der Waals surface area (Å²) in [4.78, 5) is 13.4. The zero-order chi connectivity index (χ0) is 10.6. The highest BCUT2D eigenvalue weighted by atomic mass is 16.5. The molecule has 0 saturated carbocycles. The van der Waals surface area contributed by atoms with E-state index in [2.05, 4.69) is 18.7 Å². The maximum atomic E-state index is 11.2. The lowest BCUT2D eigenvalue weighted by molar-refractivity contribution is -0.147. The SMILES string of the molecule is COC(=O)C(C)C(C)N(C)C(C)C. The normalized spacial score (nSPS) is 16.0. The lowest BCUT2D eigenvalue weighted by Crippen LogP contribution is -2.42. The topological polar surface area (TPSA) is 29.5 Å². The number of hydrogen-bond acceptors (Lipinski definition) is 3. The Kier molecular flexibility index (Phi) is 4.99. The third-order valence-electron chi connectivity index (χ3n) is 2.75. The van der Waals surface area contributed by atoms with Gasteiger partial charge in [0.15, 0.2) is 0 Å². The third-order valence-corrected chi connectivity index (χ3v) is 2.75. The summed E-state index contributed by atoms with van der Waals surface area (Å²) in [5, 5.41) is 0. The predicted molar refractivity (Wildman–Crippen MR) is 53.5 cm³/mol. The molecule has 0 aliphatic carbocycles. The smallest absolute Gasteiger partial charge is 0.309 e. The Bertz CT molecular complexity index is 168. The van der Waals surface area contributed by atoms with E-state index in [1.54, 1.807) is 0 Å². The van der Waals surface area contributed by atoms with Crippen LogP contribution in [0.5, 0.6) is 0 Å². The van der Waals surface area contributed by atoms with Crippen molar-refractivity contribution in [2.75, 3.05) is 14.2 Å². The van der Waals surface area contributed by atoms with Gasteiger partial charge in [0.05, 0.1) is 13.0 Å². The highest BCUT2D eigenvalue weighted by molar-refractivity contribution is 5.72. The van der Waals surface area contributed by atoms with Crippen LogP contribution in [-0.4, -0.2) is 37.1 Å². The summed E-state index contributed by atoms with van der Waals surface area (Å²) in [5.41, 5.74) is 0. The zero-order valence-electron chi connectivity index (χ0n) is 9.50. The number of nitrogens with zero attached hydrogens (tertiary/aromatic N) is 1. The van der Waals surface area contributed by atoms with E-state index >= 15 is 0 Å². The van der Waals surface area contributed by atoms with Crippen LogP contribution in [0.1, 0.15) is 27.7 Å². The molecule has 3 heteroatoms. The van der Waals surface area contributed by atoms with E-state index in [4.69, 9.17) is 4.74 Å². The molecule has 0 rings (SSSR count). The largest absolute Gasteiger partial charge is 0.469 e. The first-order chi connectivity index (χ1) is 5.91. The van der Waals surface area contributed by atoms with Gasteiger partial charge in [0.25, 0.3) is 0 Å². The van der Waals surface area contributed by atoms with Crippen LogP contribution in [-0.2, 0) is 9.53 Å². The van der Waals surface area contributed by atoms with Crippen LogP contribution >= 0.6 is 0 Å². The minimum Gasteiger partial charge on any atom is -0.469 e. The Morgan fingerprint density at radius 2 is 1.69 bits per heavy atom. The first kappa shape index (κ1) is 12.4. The summed E-state index contributed by atoms with van der Waals surface area (Å²) in [5.74, 6) is -0.211. The monoisotopic (exact) mass is 187 g/mol. The molecule has 2 unspecified atom stereocenters. The molecule has 0 N–H and O–H groups in total.